The Morgan fingerprint density at radius 2 is 1.46 bits per heavy atom. The van der Waals surface area contributed by atoms with Crippen molar-refractivity contribution >= 4 is 41.4 Å². The summed E-state index contributed by atoms with van der Waals surface area (Å²) in [6, 6.07) is -1.98. The van der Waals surface area contributed by atoms with E-state index in [1.165, 1.54) is 0 Å². The minimum absolute atomic E-state index is 0.0344. The second kappa shape index (κ2) is 14.7. The molecule has 0 spiro atoms. The fourth-order valence-electron chi connectivity index (χ4n) is 3.33. The number of hydrogen-bond donors (Lipinski definition) is 4. The zero-order valence-corrected chi connectivity index (χ0v) is 20.2. The van der Waals surface area contributed by atoms with Crippen molar-refractivity contribution in [3.8, 4) is 0 Å². The lowest BCUT2D eigenvalue weighted by molar-refractivity contribution is -0.197. The normalized spacial score (nSPS) is 15.0. The highest BCUT2D eigenvalue weighted by molar-refractivity contribution is 6.01. The molecular weight excluding hydrogens is 462 g/mol. The van der Waals surface area contributed by atoms with Crippen molar-refractivity contribution in [2.45, 2.75) is 90.1 Å². The van der Waals surface area contributed by atoms with Crippen LogP contribution >= 0.6 is 0 Å². The van der Waals surface area contributed by atoms with Crippen LogP contribution in [0.1, 0.15) is 78.1 Å². The van der Waals surface area contributed by atoms with Crippen molar-refractivity contribution in [2.24, 2.45) is 17.4 Å². The van der Waals surface area contributed by atoms with Gasteiger partial charge >= 0.3 is 5.97 Å². The third-order valence-electron chi connectivity index (χ3n) is 5.34. The van der Waals surface area contributed by atoms with Crippen molar-refractivity contribution in [3.63, 3.8) is 0 Å². The van der Waals surface area contributed by atoms with Gasteiger partial charge in [-0.15, -0.1) is 5.06 Å². The number of hydroxylamine groups is 2. The molecule has 1 saturated heterocycles. The number of hydrogen-bond acceptors (Lipinski definition) is 8. The molecule has 2 unspecified atom stereocenters. The lowest BCUT2D eigenvalue weighted by Crippen LogP contribution is -2.54. The molecule has 0 saturated carbocycles. The Labute approximate surface area is 203 Å². The summed E-state index contributed by atoms with van der Waals surface area (Å²) in [5, 5.41) is 5.62. The van der Waals surface area contributed by atoms with Gasteiger partial charge in [0.15, 0.2) is 0 Å². The zero-order valence-electron chi connectivity index (χ0n) is 20.2. The zero-order chi connectivity index (χ0) is 26.5. The first kappa shape index (κ1) is 29.5. The van der Waals surface area contributed by atoms with Gasteiger partial charge in [0, 0.05) is 32.1 Å². The average molecular weight is 498 g/mol. The van der Waals surface area contributed by atoms with E-state index >= 15 is 0 Å². The Morgan fingerprint density at radius 3 is 1.97 bits per heavy atom. The molecule has 0 aromatic carbocycles. The number of nitrogens with two attached hydrogens (primary N) is 2. The molecule has 6 N–H and O–H groups in total. The number of carbonyl (C=O) groups excluding carboxylic acids is 7. The summed E-state index contributed by atoms with van der Waals surface area (Å²) >= 11 is 0. The summed E-state index contributed by atoms with van der Waals surface area (Å²) in [5.41, 5.74) is 10.3. The molecule has 1 aliphatic heterocycles. The van der Waals surface area contributed by atoms with Crippen LogP contribution in [-0.2, 0) is 38.4 Å². The van der Waals surface area contributed by atoms with E-state index < -0.39 is 47.6 Å². The molecule has 0 bridgehead atoms. The highest BCUT2D eigenvalue weighted by atomic mass is 16.7. The monoisotopic (exact) mass is 497 g/mol. The number of amides is 6. The van der Waals surface area contributed by atoms with Gasteiger partial charge in [-0.3, -0.25) is 28.8 Å². The summed E-state index contributed by atoms with van der Waals surface area (Å²) in [4.78, 5) is 86.8. The Balaban J connectivity index is 2.34. The van der Waals surface area contributed by atoms with Crippen molar-refractivity contribution in [1.82, 2.24) is 15.7 Å². The van der Waals surface area contributed by atoms with Crippen LogP contribution in [0.25, 0.3) is 0 Å². The summed E-state index contributed by atoms with van der Waals surface area (Å²) in [6.07, 6.45) is 2.34. The van der Waals surface area contributed by atoms with Crippen molar-refractivity contribution < 1.29 is 38.4 Å². The smallest absolute Gasteiger partial charge is 0.333 e. The van der Waals surface area contributed by atoms with E-state index in [-0.39, 0.29) is 50.4 Å². The van der Waals surface area contributed by atoms with E-state index in [2.05, 4.69) is 10.6 Å². The molecule has 1 heterocycles. The van der Waals surface area contributed by atoms with Gasteiger partial charge in [-0.2, -0.15) is 0 Å². The van der Waals surface area contributed by atoms with E-state index in [1.54, 1.807) is 13.8 Å². The van der Waals surface area contributed by atoms with E-state index in [9.17, 15) is 33.6 Å². The first-order valence-electron chi connectivity index (χ1n) is 11.7. The minimum atomic E-state index is -1.08. The largest absolute Gasteiger partial charge is 0.370 e. The molecule has 35 heavy (non-hydrogen) atoms. The summed E-state index contributed by atoms with van der Waals surface area (Å²) in [7, 11) is 0. The molecule has 13 heteroatoms. The van der Waals surface area contributed by atoms with E-state index in [4.69, 9.17) is 16.3 Å². The molecule has 1 fully saturated rings. The quantitative estimate of drug-likeness (QED) is 0.158. The van der Waals surface area contributed by atoms with Crippen molar-refractivity contribution in [2.75, 3.05) is 0 Å². The van der Waals surface area contributed by atoms with Gasteiger partial charge < -0.3 is 26.9 Å². The van der Waals surface area contributed by atoms with E-state index in [0.29, 0.717) is 30.7 Å². The van der Waals surface area contributed by atoms with Crippen LogP contribution in [-0.4, -0.2) is 58.6 Å². The maximum Gasteiger partial charge on any atom is 0.333 e. The first-order valence-corrected chi connectivity index (χ1v) is 11.7. The van der Waals surface area contributed by atoms with Gasteiger partial charge in [0.05, 0.1) is 0 Å². The molecule has 196 valence electrons. The molecular formula is C22H35N5O8. The van der Waals surface area contributed by atoms with Crippen LogP contribution < -0.4 is 22.1 Å². The fraction of sp³-hybridized carbons (Fsp3) is 0.682. The third-order valence-corrected chi connectivity index (χ3v) is 5.34. The second-order valence-electron chi connectivity index (χ2n) is 8.72. The summed E-state index contributed by atoms with van der Waals surface area (Å²) < 4.78 is 0. The number of unbranched alkanes of at least 4 members (excludes halogenated alkanes) is 3. The summed E-state index contributed by atoms with van der Waals surface area (Å²) in [6.45, 7) is 3.46. The Kier molecular flexibility index (Phi) is 12.4. The number of carbonyl (C=O) groups is 7. The minimum Gasteiger partial charge on any atom is -0.370 e. The molecule has 0 aromatic heterocycles. The maximum absolute atomic E-state index is 12.6. The number of primary amides is 2. The first-order chi connectivity index (χ1) is 16.4. The number of imide groups is 1. The molecule has 6 amide bonds. The van der Waals surface area contributed by atoms with Gasteiger partial charge in [0.2, 0.25) is 23.6 Å². The van der Waals surface area contributed by atoms with Crippen molar-refractivity contribution in [3.05, 3.63) is 0 Å². The molecule has 1 aliphatic rings. The molecule has 2 atom stereocenters. The molecule has 13 nitrogen and oxygen atoms in total. The summed E-state index contributed by atoms with van der Waals surface area (Å²) in [5.74, 6) is -4.38. The molecule has 0 radical (unpaired) electrons. The van der Waals surface area contributed by atoms with Crippen LogP contribution in [0.15, 0.2) is 0 Å². The number of nitrogens with one attached hydrogen (secondary N) is 2. The number of nitrogens with zero attached hydrogens (tertiary/aromatic N) is 1. The highest BCUT2D eigenvalue weighted by Gasteiger charge is 2.32. The van der Waals surface area contributed by atoms with E-state index in [0.717, 1.165) is 0 Å². The number of rotatable bonds is 16. The van der Waals surface area contributed by atoms with Gasteiger partial charge in [0.25, 0.3) is 11.8 Å². The Bertz CT molecular complexity index is 813. The topological polar surface area (TPSA) is 208 Å². The Hall–Kier alpha value is -3.51. The average Bonchev–Trinajstić information content (AvgIpc) is 3.08. The fourth-order valence-corrected chi connectivity index (χ4v) is 3.33. The molecule has 1 rings (SSSR count). The Morgan fingerprint density at radius 1 is 0.886 bits per heavy atom. The maximum atomic E-state index is 12.6. The second-order valence-corrected chi connectivity index (χ2v) is 8.72. The predicted octanol–water partition coefficient (Wildman–Crippen LogP) is -0.689. The van der Waals surface area contributed by atoms with Crippen molar-refractivity contribution in [1.29, 1.82) is 0 Å². The van der Waals surface area contributed by atoms with Crippen LogP contribution in [0.2, 0.25) is 0 Å². The van der Waals surface area contributed by atoms with E-state index in [1.807, 2.05) is 0 Å². The van der Waals surface area contributed by atoms with Crippen LogP contribution in [0.4, 0.5) is 0 Å². The molecule has 0 aromatic rings. The van der Waals surface area contributed by atoms with Gasteiger partial charge in [-0.1, -0.05) is 26.7 Å². The third kappa shape index (κ3) is 11.0. The van der Waals surface area contributed by atoms with Gasteiger partial charge in [-0.25, -0.2) is 4.79 Å². The van der Waals surface area contributed by atoms with Crippen LogP contribution in [0, 0.1) is 5.92 Å². The SMILES string of the molecule is CC(C)C(NC(=O)CCCCCCC(=O)ON1C(=O)CCC1=O)C(=O)NC(CCC(N)=O)C(N)=O. The van der Waals surface area contributed by atoms with Gasteiger partial charge in [0.1, 0.15) is 12.1 Å². The van der Waals surface area contributed by atoms with Crippen LogP contribution in [0.3, 0.4) is 0 Å². The lowest BCUT2D eigenvalue weighted by Gasteiger charge is -2.24. The van der Waals surface area contributed by atoms with Gasteiger partial charge in [-0.05, 0) is 25.2 Å². The van der Waals surface area contributed by atoms with Crippen LogP contribution in [0.5, 0.6) is 0 Å². The standard InChI is InChI=1S/C22H35N5O8/c1-13(2)20(22(34)25-14(21(24)33)9-10-15(23)28)26-16(29)7-5-3-4-6-8-19(32)35-27-17(30)11-12-18(27)31/h13-14,20H,3-12H2,1-2H3,(H2,23,28)(H2,24,33)(H,25,34)(H,26,29). The molecule has 0 aliphatic carbocycles. The predicted molar refractivity (Wildman–Crippen MR) is 121 cm³/mol. The lowest BCUT2D eigenvalue weighted by atomic mass is 10.0. The highest BCUT2D eigenvalue weighted by Crippen LogP contribution is 2.14.